The molecule has 1 aliphatic heterocycles. The number of alkyl halides is 2. The number of carbonyl (C=O) groups is 1. The van der Waals surface area contributed by atoms with Gasteiger partial charge in [0.15, 0.2) is 0 Å². The first-order chi connectivity index (χ1) is 8.78. The minimum Gasteiger partial charge on any atom is -0.336 e. The van der Waals surface area contributed by atoms with Crippen LogP contribution in [0.2, 0.25) is 0 Å². The van der Waals surface area contributed by atoms with Gasteiger partial charge in [-0.15, -0.1) is 0 Å². The fourth-order valence-corrected chi connectivity index (χ4v) is 2.24. The lowest BCUT2D eigenvalue weighted by molar-refractivity contribution is -0.130. The van der Waals surface area contributed by atoms with Crippen molar-refractivity contribution < 1.29 is 22.4 Å². The quantitative estimate of drug-likeness (QED) is 0.598. The molecular formula is C12H10BrF4NO. The summed E-state index contributed by atoms with van der Waals surface area (Å²) in [5, 5.41) is 0. The Labute approximate surface area is 115 Å². The van der Waals surface area contributed by atoms with Gasteiger partial charge in [0.1, 0.15) is 11.6 Å². The Hall–Kier alpha value is -1.11. The second-order valence-corrected chi connectivity index (χ2v) is 5.31. The molecular weight excluding hydrogens is 330 g/mol. The number of nitrogens with zero attached hydrogens (tertiary/aromatic N) is 1. The highest BCUT2D eigenvalue weighted by atomic mass is 79.9. The normalized spacial score (nSPS) is 17.8. The van der Waals surface area contributed by atoms with E-state index in [2.05, 4.69) is 15.9 Å². The van der Waals surface area contributed by atoms with Crippen molar-refractivity contribution in [2.45, 2.75) is 18.8 Å². The summed E-state index contributed by atoms with van der Waals surface area (Å²) in [6.45, 7) is -0.723. The maximum absolute atomic E-state index is 13.5. The predicted octanol–water partition coefficient (Wildman–Crippen LogP) is 3.14. The number of benzene rings is 1. The van der Waals surface area contributed by atoms with Crippen molar-refractivity contribution in [3.63, 3.8) is 0 Å². The Morgan fingerprint density at radius 2 is 2.00 bits per heavy atom. The third-order valence-electron chi connectivity index (χ3n) is 2.95. The molecule has 1 heterocycles. The molecule has 1 saturated heterocycles. The second-order valence-electron chi connectivity index (χ2n) is 4.46. The first-order valence-electron chi connectivity index (χ1n) is 5.57. The molecule has 2 rings (SSSR count). The summed E-state index contributed by atoms with van der Waals surface area (Å²) in [4.78, 5) is 12.7. The average Bonchev–Trinajstić information content (AvgIpc) is 2.66. The molecule has 0 aliphatic carbocycles. The highest BCUT2D eigenvalue weighted by Gasteiger charge is 2.40. The summed E-state index contributed by atoms with van der Waals surface area (Å²) < 4.78 is 52.6. The summed E-state index contributed by atoms with van der Waals surface area (Å²) in [6, 6.07) is 1.81. The number of hydrogen-bond acceptors (Lipinski definition) is 1. The first-order valence-corrected chi connectivity index (χ1v) is 6.37. The molecule has 1 aromatic carbocycles. The Kier molecular flexibility index (Phi) is 3.85. The van der Waals surface area contributed by atoms with Crippen LogP contribution in [0.15, 0.2) is 16.6 Å². The van der Waals surface area contributed by atoms with Crippen LogP contribution >= 0.6 is 15.9 Å². The van der Waals surface area contributed by atoms with Gasteiger partial charge < -0.3 is 4.90 Å². The molecule has 1 aromatic rings. The van der Waals surface area contributed by atoms with Crippen molar-refractivity contribution in [3.05, 3.63) is 33.8 Å². The summed E-state index contributed by atoms with van der Waals surface area (Å²) >= 11 is 2.82. The van der Waals surface area contributed by atoms with Gasteiger partial charge in [0, 0.05) is 18.5 Å². The molecule has 1 amide bonds. The zero-order valence-corrected chi connectivity index (χ0v) is 11.3. The molecule has 2 nitrogen and oxygen atoms in total. The largest absolute Gasteiger partial charge is 0.336 e. The zero-order chi connectivity index (χ0) is 14.2. The molecule has 0 spiro atoms. The molecule has 0 aromatic heterocycles. The molecule has 0 saturated carbocycles. The van der Waals surface area contributed by atoms with E-state index < -0.39 is 42.9 Å². The van der Waals surface area contributed by atoms with E-state index in [1.165, 1.54) is 0 Å². The Morgan fingerprint density at radius 1 is 1.32 bits per heavy atom. The van der Waals surface area contributed by atoms with Gasteiger partial charge in [-0.25, -0.2) is 17.6 Å². The van der Waals surface area contributed by atoms with Crippen molar-refractivity contribution in [2.75, 3.05) is 13.1 Å². The molecule has 0 N–H and O–H groups in total. The first kappa shape index (κ1) is 14.3. The van der Waals surface area contributed by atoms with Gasteiger partial charge in [0.2, 0.25) is 5.91 Å². The van der Waals surface area contributed by atoms with E-state index in [1.807, 2.05) is 0 Å². The van der Waals surface area contributed by atoms with Crippen LogP contribution in [0, 0.1) is 11.6 Å². The molecule has 104 valence electrons. The topological polar surface area (TPSA) is 20.3 Å². The van der Waals surface area contributed by atoms with Gasteiger partial charge in [-0.3, -0.25) is 4.79 Å². The van der Waals surface area contributed by atoms with Crippen molar-refractivity contribution >= 4 is 21.8 Å². The van der Waals surface area contributed by atoms with E-state index in [9.17, 15) is 22.4 Å². The fourth-order valence-electron chi connectivity index (χ4n) is 1.92. The third-order valence-corrected chi connectivity index (χ3v) is 3.56. The highest BCUT2D eigenvalue weighted by molar-refractivity contribution is 9.10. The minimum atomic E-state index is -2.89. The minimum absolute atomic E-state index is 0.0473. The number of carbonyl (C=O) groups excluding carboxylic acids is 1. The smallest absolute Gasteiger partial charge is 0.267 e. The van der Waals surface area contributed by atoms with Crippen LogP contribution in [0.25, 0.3) is 0 Å². The van der Waals surface area contributed by atoms with Crippen molar-refractivity contribution in [3.8, 4) is 0 Å². The number of hydrogen-bond donors (Lipinski definition) is 0. The SMILES string of the molecule is O=C(Cc1cc(F)c(Br)cc1F)N1CCC(F)(F)C1. The van der Waals surface area contributed by atoms with Crippen LogP contribution in [-0.4, -0.2) is 29.8 Å². The summed E-state index contributed by atoms with van der Waals surface area (Å²) in [5.74, 6) is -4.96. The number of amides is 1. The van der Waals surface area contributed by atoms with Crippen LogP contribution in [0.3, 0.4) is 0 Å². The van der Waals surface area contributed by atoms with E-state index in [0.717, 1.165) is 17.0 Å². The van der Waals surface area contributed by atoms with Gasteiger partial charge in [-0.2, -0.15) is 0 Å². The summed E-state index contributed by atoms with van der Waals surface area (Å²) in [5.41, 5.74) is -0.138. The monoisotopic (exact) mass is 339 g/mol. The molecule has 1 fully saturated rings. The van der Waals surface area contributed by atoms with E-state index in [4.69, 9.17) is 0 Å². The summed E-state index contributed by atoms with van der Waals surface area (Å²) in [7, 11) is 0. The lowest BCUT2D eigenvalue weighted by Gasteiger charge is -2.16. The Bertz CT molecular complexity index is 521. The van der Waals surface area contributed by atoms with E-state index in [-0.39, 0.29) is 16.6 Å². The molecule has 1 aliphatic rings. The maximum atomic E-state index is 13.5. The Morgan fingerprint density at radius 3 is 2.58 bits per heavy atom. The zero-order valence-electron chi connectivity index (χ0n) is 9.73. The van der Waals surface area contributed by atoms with Gasteiger partial charge >= 0.3 is 0 Å². The van der Waals surface area contributed by atoms with E-state index >= 15 is 0 Å². The van der Waals surface area contributed by atoms with Gasteiger partial charge in [0.05, 0.1) is 17.4 Å². The van der Waals surface area contributed by atoms with E-state index in [1.54, 1.807) is 0 Å². The van der Waals surface area contributed by atoms with Crippen LogP contribution < -0.4 is 0 Å². The standard InChI is InChI=1S/C12H10BrF4NO/c13-8-5-9(14)7(3-10(8)15)4-11(19)18-2-1-12(16,17)6-18/h3,5H,1-2,4,6H2. The van der Waals surface area contributed by atoms with Crippen LogP contribution in [0.1, 0.15) is 12.0 Å². The molecule has 0 bridgehead atoms. The lowest BCUT2D eigenvalue weighted by Crippen LogP contribution is -2.32. The third kappa shape index (κ3) is 3.26. The molecule has 0 unspecified atom stereocenters. The number of likely N-dealkylation sites (tertiary alicyclic amines) is 1. The van der Waals surface area contributed by atoms with Crippen molar-refractivity contribution in [2.24, 2.45) is 0 Å². The maximum Gasteiger partial charge on any atom is 0.267 e. The second kappa shape index (κ2) is 5.11. The Balaban J connectivity index is 2.10. The van der Waals surface area contributed by atoms with Crippen LogP contribution in [0.5, 0.6) is 0 Å². The van der Waals surface area contributed by atoms with Crippen LogP contribution in [-0.2, 0) is 11.2 Å². The van der Waals surface area contributed by atoms with E-state index in [0.29, 0.717) is 0 Å². The molecule has 0 radical (unpaired) electrons. The average molecular weight is 340 g/mol. The predicted molar refractivity (Wildman–Crippen MR) is 63.9 cm³/mol. The molecule has 0 atom stereocenters. The lowest BCUT2D eigenvalue weighted by atomic mass is 10.1. The fraction of sp³-hybridized carbons (Fsp3) is 0.417. The van der Waals surface area contributed by atoms with Gasteiger partial charge in [-0.05, 0) is 28.1 Å². The number of rotatable bonds is 2. The highest BCUT2D eigenvalue weighted by Crippen LogP contribution is 2.27. The molecule has 7 heteroatoms. The number of halogens is 5. The van der Waals surface area contributed by atoms with Crippen molar-refractivity contribution in [1.82, 2.24) is 4.90 Å². The van der Waals surface area contributed by atoms with Crippen LogP contribution in [0.4, 0.5) is 17.6 Å². The van der Waals surface area contributed by atoms with Gasteiger partial charge in [-0.1, -0.05) is 0 Å². The van der Waals surface area contributed by atoms with Gasteiger partial charge in [0.25, 0.3) is 5.92 Å². The van der Waals surface area contributed by atoms with Crippen molar-refractivity contribution in [1.29, 1.82) is 0 Å². The summed E-state index contributed by atoms with van der Waals surface area (Å²) in [6.07, 6.45) is -0.817. The molecule has 19 heavy (non-hydrogen) atoms.